The fourth-order valence-corrected chi connectivity index (χ4v) is 5.87. The van der Waals surface area contributed by atoms with E-state index in [9.17, 15) is 36.3 Å². The van der Waals surface area contributed by atoms with Crippen LogP contribution in [0.25, 0.3) is 22.3 Å². The van der Waals surface area contributed by atoms with Crippen LogP contribution in [0.4, 0.5) is 29.7 Å². The molecule has 3 heterocycles. The lowest BCUT2D eigenvalue weighted by Crippen LogP contribution is -2.51. The van der Waals surface area contributed by atoms with Crippen LogP contribution in [-0.2, 0) is 14.8 Å². The van der Waals surface area contributed by atoms with Crippen LogP contribution >= 0.6 is 0 Å². The number of carbonyl (C=O) groups excluding carboxylic acids is 1. The molecule has 1 saturated heterocycles. The number of likely N-dealkylation sites (tertiary alicyclic amines) is 1. The molecule has 2 atom stereocenters. The number of nitrogens with zero attached hydrogens (tertiary/aromatic N) is 5. The molecular weight excluding hydrogens is 633 g/mol. The molecule has 5 N–H and O–H groups in total. The van der Waals surface area contributed by atoms with Crippen molar-refractivity contribution in [1.29, 1.82) is 0 Å². The highest BCUT2D eigenvalue weighted by atomic mass is 32.2. The summed E-state index contributed by atoms with van der Waals surface area (Å²) < 4.78 is 69.4. The molecule has 250 valence electrons. The van der Waals surface area contributed by atoms with Crippen LogP contribution in [0.1, 0.15) is 27.2 Å². The van der Waals surface area contributed by atoms with Crippen molar-refractivity contribution in [1.82, 2.24) is 24.8 Å². The molecule has 0 saturated carbocycles. The van der Waals surface area contributed by atoms with Gasteiger partial charge in [-0.05, 0) is 49.6 Å². The van der Waals surface area contributed by atoms with Gasteiger partial charge in [0.05, 0.1) is 17.8 Å². The molecular formula is C28H35F3N8O6S. The van der Waals surface area contributed by atoms with Crippen molar-refractivity contribution < 1.29 is 41.0 Å². The predicted octanol–water partition coefficient (Wildman–Crippen LogP) is 3.36. The zero-order chi connectivity index (χ0) is 34.0. The highest BCUT2D eigenvalue weighted by molar-refractivity contribution is 7.89. The monoisotopic (exact) mass is 668 g/mol. The van der Waals surface area contributed by atoms with Crippen LogP contribution in [0.3, 0.4) is 0 Å². The molecule has 0 radical (unpaired) electrons. The van der Waals surface area contributed by atoms with Crippen LogP contribution in [0.15, 0.2) is 35.2 Å². The summed E-state index contributed by atoms with van der Waals surface area (Å²) in [5, 5.41) is 20.1. The third-order valence-corrected chi connectivity index (χ3v) is 8.21. The van der Waals surface area contributed by atoms with Gasteiger partial charge in [-0.2, -0.15) is 18.2 Å². The Labute approximate surface area is 263 Å². The molecule has 0 unspecified atom stereocenters. The number of aromatic nitrogens is 3. The smallest absolute Gasteiger partial charge is 0.407 e. The number of primary sulfonamides is 1. The van der Waals surface area contributed by atoms with Crippen molar-refractivity contribution in [3.8, 4) is 17.0 Å². The summed E-state index contributed by atoms with van der Waals surface area (Å²) in [7, 11) is -2.85. The van der Waals surface area contributed by atoms with Gasteiger partial charge in [-0.1, -0.05) is 13.8 Å². The van der Waals surface area contributed by atoms with Crippen LogP contribution < -0.4 is 20.5 Å². The predicted molar refractivity (Wildman–Crippen MR) is 163 cm³/mol. The molecule has 1 aliphatic heterocycles. The number of ether oxygens (including phenoxy) is 1. The van der Waals surface area contributed by atoms with Gasteiger partial charge in [0, 0.05) is 31.7 Å². The number of anilines is 2. The van der Waals surface area contributed by atoms with Crippen molar-refractivity contribution in [3.63, 3.8) is 0 Å². The molecule has 1 aliphatic rings. The number of nitrogens with one attached hydrogen (secondary N) is 2. The average Bonchev–Trinajstić information content (AvgIpc) is 3.43. The Hall–Kier alpha value is -4.45. The third kappa shape index (κ3) is 8.03. The Morgan fingerprint density at radius 1 is 1.20 bits per heavy atom. The van der Waals surface area contributed by atoms with Gasteiger partial charge in [-0.25, -0.2) is 28.3 Å². The first-order valence-corrected chi connectivity index (χ1v) is 15.8. The van der Waals surface area contributed by atoms with E-state index in [0.29, 0.717) is 18.5 Å². The van der Waals surface area contributed by atoms with Crippen LogP contribution in [0.2, 0.25) is 0 Å². The second-order valence-corrected chi connectivity index (χ2v) is 12.6. The maximum absolute atomic E-state index is 13.2. The number of benzene rings is 1. The van der Waals surface area contributed by atoms with E-state index in [-0.39, 0.29) is 70.2 Å². The van der Waals surface area contributed by atoms with E-state index in [1.165, 1.54) is 36.2 Å². The van der Waals surface area contributed by atoms with E-state index in [4.69, 9.17) is 9.88 Å². The number of nitrogens with two attached hydrogens (primary N) is 1. The normalized spacial score (nSPS) is 16.0. The number of likely N-dealkylation sites (N-methyl/N-ethyl adjacent to an activating group) is 1. The van der Waals surface area contributed by atoms with Crippen LogP contribution in [0, 0.1) is 5.92 Å². The average molecular weight is 669 g/mol. The lowest BCUT2D eigenvalue weighted by Gasteiger charge is -2.31. The number of rotatable bonds is 11. The van der Waals surface area contributed by atoms with E-state index < -0.39 is 34.9 Å². The van der Waals surface area contributed by atoms with Crippen molar-refractivity contribution in [3.05, 3.63) is 30.3 Å². The van der Waals surface area contributed by atoms with Crippen molar-refractivity contribution in [2.75, 3.05) is 43.9 Å². The topological polar surface area (TPSA) is 193 Å². The first kappa shape index (κ1) is 34.4. The minimum atomic E-state index is -4.58. The van der Waals surface area contributed by atoms with Gasteiger partial charge < -0.3 is 25.4 Å². The minimum Gasteiger partial charge on any atom is -0.492 e. The molecule has 0 bridgehead atoms. The Kier molecular flexibility index (Phi) is 10.1. The van der Waals surface area contributed by atoms with Gasteiger partial charge >= 0.3 is 12.3 Å². The molecule has 0 spiro atoms. The second-order valence-electron chi connectivity index (χ2n) is 11.1. The first-order chi connectivity index (χ1) is 21.5. The molecule has 14 nitrogen and oxygen atoms in total. The number of sulfonamides is 1. The molecule has 2 aromatic heterocycles. The van der Waals surface area contributed by atoms with Gasteiger partial charge in [-0.3, -0.25) is 9.69 Å². The number of pyridine rings is 1. The molecule has 0 aliphatic carbocycles. The number of alkyl halides is 3. The van der Waals surface area contributed by atoms with Crippen molar-refractivity contribution >= 4 is 44.8 Å². The number of carbonyl (C=O) groups is 2. The van der Waals surface area contributed by atoms with E-state index >= 15 is 0 Å². The van der Waals surface area contributed by atoms with Gasteiger partial charge in [0.1, 0.15) is 28.7 Å². The number of amides is 2. The van der Waals surface area contributed by atoms with Crippen LogP contribution in [0.5, 0.6) is 5.75 Å². The number of hydrogen-bond acceptors (Lipinski definition) is 10. The van der Waals surface area contributed by atoms with Crippen molar-refractivity contribution in [2.24, 2.45) is 11.1 Å². The molecule has 1 fully saturated rings. The van der Waals surface area contributed by atoms with Gasteiger partial charge in [-0.15, -0.1) is 0 Å². The number of carboxylic acid groups (broad SMARTS) is 1. The largest absolute Gasteiger partial charge is 0.492 e. The standard InChI is InChI=1S/C28H35F3N8O6S/c1-5-45-20-9-6-16(12-21(20)46(32,43)44)18-7-8-19-22(35-18)24(33-14-28(29,30)31)37-26(36-19)34-17-10-11-39(13-17)25(40)23(15(2)3)38(4)27(41)42/h6-9,12,15,17,23H,5,10-11,13-14H2,1-4H3,(H,41,42)(H2,32,43,44)(H2,33,34,36,37)/t17-,23+/m0/s1. The second kappa shape index (κ2) is 13.5. The Morgan fingerprint density at radius 3 is 2.52 bits per heavy atom. The van der Waals surface area contributed by atoms with Gasteiger partial charge in [0.15, 0.2) is 5.82 Å². The highest BCUT2D eigenvalue weighted by Gasteiger charge is 2.36. The van der Waals surface area contributed by atoms with Crippen LogP contribution in [-0.4, -0.2) is 102 Å². The summed E-state index contributed by atoms with van der Waals surface area (Å²) in [5.41, 5.74) is 0.716. The highest BCUT2D eigenvalue weighted by Crippen LogP contribution is 2.31. The molecule has 4 rings (SSSR count). The summed E-state index contributed by atoms with van der Waals surface area (Å²) in [4.78, 5) is 40.1. The number of hydrogen-bond donors (Lipinski definition) is 4. The van der Waals surface area contributed by atoms with E-state index in [2.05, 4.69) is 25.6 Å². The zero-order valence-corrected chi connectivity index (χ0v) is 26.3. The summed E-state index contributed by atoms with van der Waals surface area (Å²) >= 11 is 0. The molecule has 3 aromatic rings. The molecule has 46 heavy (non-hydrogen) atoms. The number of halogens is 3. The lowest BCUT2D eigenvalue weighted by atomic mass is 10.0. The fraction of sp³-hybridized carbons (Fsp3) is 0.464. The summed E-state index contributed by atoms with van der Waals surface area (Å²) in [6, 6.07) is 6.00. The molecule has 1 aromatic carbocycles. The summed E-state index contributed by atoms with van der Waals surface area (Å²) in [6.45, 7) is 4.48. The Bertz CT molecular complexity index is 1720. The Balaban J connectivity index is 1.65. The summed E-state index contributed by atoms with van der Waals surface area (Å²) in [6.07, 6.45) is -5.35. The quantitative estimate of drug-likeness (QED) is 0.234. The first-order valence-electron chi connectivity index (χ1n) is 14.3. The van der Waals surface area contributed by atoms with E-state index in [1.807, 2.05) is 0 Å². The molecule has 18 heteroatoms. The van der Waals surface area contributed by atoms with E-state index in [1.54, 1.807) is 26.8 Å². The van der Waals surface area contributed by atoms with Crippen molar-refractivity contribution in [2.45, 2.75) is 50.3 Å². The fourth-order valence-electron chi connectivity index (χ4n) is 5.18. The zero-order valence-electron chi connectivity index (χ0n) is 25.5. The minimum absolute atomic E-state index is 0.00181. The maximum atomic E-state index is 13.2. The SMILES string of the molecule is CCOc1ccc(-c2ccc3nc(N[C@H]4CCN(C(=O)[C@@H](C(C)C)N(C)C(=O)O)C4)nc(NCC(F)(F)F)c3n2)cc1S(N)(=O)=O. The third-order valence-electron chi connectivity index (χ3n) is 7.28. The maximum Gasteiger partial charge on any atom is 0.407 e. The van der Waals surface area contributed by atoms with Gasteiger partial charge in [0.2, 0.25) is 21.9 Å². The lowest BCUT2D eigenvalue weighted by molar-refractivity contribution is -0.136. The number of fused-ring (bicyclic) bond motifs is 1. The van der Waals surface area contributed by atoms with E-state index in [0.717, 1.165) is 4.90 Å². The van der Waals surface area contributed by atoms with Gasteiger partial charge in [0.25, 0.3) is 0 Å². The Morgan fingerprint density at radius 2 is 1.91 bits per heavy atom. The summed E-state index contributed by atoms with van der Waals surface area (Å²) in [5.74, 6) is -0.822. The molecule has 2 amide bonds.